The molecule has 1 N–H and O–H groups in total. The highest BCUT2D eigenvalue weighted by Crippen LogP contribution is 2.07. The van der Waals surface area contributed by atoms with E-state index in [1.54, 1.807) is 0 Å². The van der Waals surface area contributed by atoms with Crippen molar-refractivity contribution >= 4 is 0 Å². The Morgan fingerprint density at radius 1 is 1.55 bits per heavy atom. The van der Waals surface area contributed by atoms with Crippen molar-refractivity contribution in [2.24, 2.45) is 0 Å². The number of H-pyrrole nitrogens is 1. The van der Waals surface area contributed by atoms with E-state index in [1.807, 2.05) is 0 Å². The zero-order valence-electron chi connectivity index (χ0n) is 5.99. The molecule has 0 saturated carbocycles. The van der Waals surface area contributed by atoms with Gasteiger partial charge in [0.25, 0.3) is 0 Å². The average molecular weight is 155 g/mol. The molecule has 1 aliphatic rings. The number of nitrogens with zero attached hydrogens (tertiary/aromatic N) is 2. The van der Waals surface area contributed by atoms with Crippen molar-refractivity contribution < 1.29 is 9.47 Å². The largest absolute Gasteiger partial charge is 0.350 e. The lowest BCUT2D eigenvalue weighted by Crippen LogP contribution is -2.12. The lowest BCUT2D eigenvalue weighted by Gasteiger charge is -2.04. The van der Waals surface area contributed by atoms with Gasteiger partial charge in [-0.25, -0.2) is 4.98 Å². The van der Waals surface area contributed by atoms with Gasteiger partial charge >= 0.3 is 0 Å². The van der Waals surface area contributed by atoms with E-state index < -0.39 is 0 Å². The fourth-order valence-corrected chi connectivity index (χ4v) is 1.01. The Bertz CT molecular complexity index is 206. The molecule has 0 radical (unpaired) electrons. The van der Waals surface area contributed by atoms with Crippen molar-refractivity contribution in [1.29, 1.82) is 0 Å². The predicted octanol–water partition coefficient (Wildman–Crippen LogP) is -0.280. The van der Waals surface area contributed by atoms with E-state index in [1.165, 1.54) is 6.33 Å². The Morgan fingerprint density at radius 3 is 3.00 bits per heavy atom. The summed E-state index contributed by atoms with van der Waals surface area (Å²) < 4.78 is 10.4. The average Bonchev–Trinajstić information content (AvgIpc) is 2.60. The Balaban J connectivity index is 1.90. The number of nitrogens with one attached hydrogen (secondary N) is 1. The van der Waals surface area contributed by atoms with Crippen LogP contribution < -0.4 is 0 Å². The molecule has 0 bridgehead atoms. The summed E-state index contributed by atoms with van der Waals surface area (Å²) in [5.41, 5.74) is 0. The van der Waals surface area contributed by atoms with Crippen molar-refractivity contribution in [3.8, 4) is 0 Å². The molecule has 0 spiro atoms. The third-order valence-electron chi connectivity index (χ3n) is 1.52. The Kier molecular flexibility index (Phi) is 1.83. The number of aromatic nitrogens is 3. The Labute approximate surface area is 63.7 Å². The third kappa shape index (κ3) is 1.55. The third-order valence-corrected chi connectivity index (χ3v) is 1.52. The number of hydrogen-bond acceptors (Lipinski definition) is 4. The van der Waals surface area contributed by atoms with Crippen LogP contribution in [0.1, 0.15) is 5.82 Å². The van der Waals surface area contributed by atoms with E-state index in [4.69, 9.17) is 9.47 Å². The van der Waals surface area contributed by atoms with E-state index in [0.29, 0.717) is 19.6 Å². The van der Waals surface area contributed by atoms with Crippen LogP contribution in [-0.2, 0) is 15.9 Å². The van der Waals surface area contributed by atoms with Gasteiger partial charge in [0.1, 0.15) is 12.2 Å². The van der Waals surface area contributed by atoms with Gasteiger partial charge < -0.3 is 9.47 Å². The summed E-state index contributed by atoms with van der Waals surface area (Å²) in [6, 6.07) is 0. The van der Waals surface area contributed by atoms with E-state index >= 15 is 0 Å². The molecule has 1 fully saturated rings. The predicted molar refractivity (Wildman–Crippen MR) is 35.8 cm³/mol. The van der Waals surface area contributed by atoms with Crippen LogP contribution in [0.5, 0.6) is 0 Å². The highest BCUT2D eigenvalue weighted by Gasteiger charge is 2.17. The van der Waals surface area contributed by atoms with Gasteiger partial charge in [-0.2, -0.15) is 5.10 Å². The number of aromatic amines is 1. The first kappa shape index (κ1) is 6.75. The molecule has 2 rings (SSSR count). The normalized spacial score (nSPS) is 19.3. The molecule has 1 saturated heterocycles. The summed E-state index contributed by atoms with van der Waals surface area (Å²) in [7, 11) is 0. The van der Waals surface area contributed by atoms with Crippen molar-refractivity contribution in [2.75, 3.05) is 13.2 Å². The van der Waals surface area contributed by atoms with Crippen molar-refractivity contribution in [1.82, 2.24) is 15.2 Å². The van der Waals surface area contributed by atoms with Crippen LogP contribution in [0.25, 0.3) is 0 Å². The first-order valence-corrected chi connectivity index (χ1v) is 3.52. The smallest absolute Gasteiger partial charge is 0.164 e. The molecular formula is C6H9N3O2. The topological polar surface area (TPSA) is 60.0 Å². The van der Waals surface area contributed by atoms with E-state index in [-0.39, 0.29) is 6.29 Å². The molecule has 0 amide bonds. The fraction of sp³-hybridized carbons (Fsp3) is 0.667. The highest BCUT2D eigenvalue weighted by molar-refractivity contribution is 4.81. The maximum Gasteiger partial charge on any atom is 0.164 e. The SMILES string of the molecule is c1n[nH]c(CC2OCCO2)n1. The molecule has 11 heavy (non-hydrogen) atoms. The van der Waals surface area contributed by atoms with Crippen LogP contribution in [0.3, 0.4) is 0 Å². The standard InChI is InChI=1S/C6H9N3O2/c1-2-11-6(10-1)3-5-7-4-8-9-5/h4,6H,1-3H2,(H,7,8,9). The summed E-state index contributed by atoms with van der Waals surface area (Å²) in [4.78, 5) is 3.95. The molecule has 5 heteroatoms. The van der Waals surface area contributed by atoms with Crippen LogP contribution in [0.4, 0.5) is 0 Å². The maximum atomic E-state index is 5.22. The highest BCUT2D eigenvalue weighted by atomic mass is 16.7. The first-order valence-electron chi connectivity index (χ1n) is 3.52. The van der Waals surface area contributed by atoms with Crippen molar-refractivity contribution in [3.05, 3.63) is 12.2 Å². The van der Waals surface area contributed by atoms with E-state index in [2.05, 4.69) is 15.2 Å². The Morgan fingerprint density at radius 2 is 2.36 bits per heavy atom. The molecular weight excluding hydrogens is 146 g/mol. The molecule has 0 unspecified atom stereocenters. The van der Waals surface area contributed by atoms with Gasteiger partial charge in [-0.15, -0.1) is 0 Å². The Hall–Kier alpha value is -0.940. The second kappa shape index (κ2) is 2.98. The van der Waals surface area contributed by atoms with Gasteiger partial charge in [0.2, 0.25) is 0 Å². The van der Waals surface area contributed by atoms with E-state index in [9.17, 15) is 0 Å². The molecule has 0 aliphatic carbocycles. The summed E-state index contributed by atoms with van der Waals surface area (Å²) in [6.45, 7) is 1.36. The maximum absolute atomic E-state index is 5.22. The van der Waals surface area contributed by atoms with Crippen LogP contribution in [0, 0.1) is 0 Å². The van der Waals surface area contributed by atoms with Gasteiger partial charge in [0.05, 0.1) is 19.6 Å². The second-order valence-corrected chi connectivity index (χ2v) is 2.31. The number of hydrogen-bond donors (Lipinski definition) is 1. The molecule has 1 aromatic heterocycles. The van der Waals surface area contributed by atoms with Crippen molar-refractivity contribution in [3.63, 3.8) is 0 Å². The van der Waals surface area contributed by atoms with Gasteiger partial charge in [0.15, 0.2) is 6.29 Å². The molecule has 0 aromatic carbocycles. The van der Waals surface area contributed by atoms with Crippen LogP contribution >= 0.6 is 0 Å². The van der Waals surface area contributed by atoms with Crippen molar-refractivity contribution in [2.45, 2.75) is 12.7 Å². The number of ether oxygens (including phenoxy) is 2. The summed E-state index contributed by atoms with van der Waals surface area (Å²) >= 11 is 0. The molecule has 1 aliphatic heterocycles. The zero-order valence-corrected chi connectivity index (χ0v) is 5.99. The molecule has 2 heterocycles. The quantitative estimate of drug-likeness (QED) is 0.638. The summed E-state index contributed by atoms with van der Waals surface area (Å²) in [5.74, 6) is 0.803. The van der Waals surface area contributed by atoms with Gasteiger partial charge in [-0.05, 0) is 0 Å². The van der Waals surface area contributed by atoms with E-state index in [0.717, 1.165) is 5.82 Å². The minimum Gasteiger partial charge on any atom is -0.350 e. The van der Waals surface area contributed by atoms with Gasteiger partial charge in [-0.1, -0.05) is 0 Å². The zero-order chi connectivity index (χ0) is 7.52. The van der Waals surface area contributed by atoms with Crippen LogP contribution in [0.2, 0.25) is 0 Å². The monoisotopic (exact) mass is 155 g/mol. The first-order chi connectivity index (χ1) is 5.45. The number of rotatable bonds is 2. The fourth-order valence-electron chi connectivity index (χ4n) is 1.01. The molecule has 0 atom stereocenters. The lowest BCUT2D eigenvalue weighted by atomic mass is 10.4. The van der Waals surface area contributed by atoms with Gasteiger partial charge in [0, 0.05) is 0 Å². The molecule has 5 nitrogen and oxygen atoms in total. The van der Waals surface area contributed by atoms with Gasteiger partial charge in [-0.3, -0.25) is 5.10 Å². The summed E-state index contributed by atoms with van der Waals surface area (Å²) in [5, 5.41) is 6.46. The molecule has 60 valence electrons. The van der Waals surface area contributed by atoms with Crippen LogP contribution in [0.15, 0.2) is 6.33 Å². The minimum absolute atomic E-state index is 0.136. The molecule has 1 aromatic rings. The minimum atomic E-state index is -0.136. The van der Waals surface area contributed by atoms with Crippen LogP contribution in [-0.4, -0.2) is 34.7 Å². The second-order valence-electron chi connectivity index (χ2n) is 2.31. The summed E-state index contributed by atoms with van der Waals surface area (Å²) in [6.07, 6.45) is 1.99. The lowest BCUT2D eigenvalue weighted by molar-refractivity contribution is -0.0412.